The van der Waals surface area contributed by atoms with Gasteiger partial charge in [-0.15, -0.1) is 0 Å². The molecule has 2 aliphatic heterocycles. The molecule has 2 aliphatic rings. The number of nitrogens with one attached hydrogen (secondary N) is 1. The molecule has 0 unspecified atom stereocenters. The van der Waals surface area contributed by atoms with Gasteiger partial charge in [0.15, 0.2) is 5.82 Å². The molecule has 3 heterocycles. The van der Waals surface area contributed by atoms with Crippen molar-refractivity contribution < 1.29 is 40.8 Å². The molecule has 0 spiro atoms. The number of carbonyl (C=O) groups excluding carboxylic acids is 2. The number of hydrogen-bond donors (Lipinski definition) is 1. The number of carbonyl (C=O) groups is 2. The Kier molecular flexibility index (Phi) is 5.95. The Bertz CT molecular complexity index is 1280. The fraction of sp³-hybridized carbons (Fsp3) is 0.250. The number of anilines is 2. The molecule has 0 saturated carbocycles. The number of pyridine rings is 1. The van der Waals surface area contributed by atoms with Crippen molar-refractivity contribution in [2.24, 2.45) is 16.2 Å². The molecule has 0 bridgehead atoms. The van der Waals surface area contributed by atoms with E-state index in [1.54, 1.807) is 0 Å². The minimum atomic E-state index is -4.69. The third-order valence-electron chi connectivity index (χ3n) is 5.11. The van der Waals surface area contributed by atoms with E-state index in [1.165, 1.54) is 13.0 Å². The lowest BCUT2D eigenvalue weighted by Gasteiger charge is -2.17. The van der Waals surface area contributed by atoms with Crippen molar-refractivity contribution in [2.75, 3.05) is 10.3 Å². The zero-order valence-electron chi connectivity index (χ0n) is 17.3. The molecule has 2 amide bonds. The van der Waals surface area contributed by atoms with Gasteiger partial charge < -0.3 is 4.84 Å². The molecule has 184 valence electrons. The maximum atomic E-state index is 13.1. The van der Waals surface area contributed by atoms with Gasteiger partial charge in [-0.25, -0.2) is 9.88 Å². The molecule has 15 heteroatoms. The van der Waals surface area contributed by atoms with Crippen molar-refractivity contribution in [2.45, 2.75) is 25.4 Å². The molecule has 1 N–H and O–H groups in total. The second kappa shape index (κ2) is 8.52. The Morgan fingerprint density at radius 3 is 2.40 bits per heavy atom. The van der Waals surface area contributed by atoms with Crippen molar-refractivity contribution in [3.63, 3.8) is 0 Å². The monoisotopic (exact) mass is 519 g/mol. The van der Waals surface area contributed by atoms with E-state index < -0.39 is 47.3 Å². The van der Waals surface area contributed by atoms with Crippen molar-refractivity contribution >= 4 is 46.3 Å². The van der Waals surface area contributed by atoms with E-state index in [1.807, 2.05) is 0 Å². The second-order valence-electron chi connectivity index (χ2n) is 7.40. The number of hydrogen-bond acceptors (Lipinski definition) is 7. The highest BCUT2D eigenvalue weighted by Crippen LogP contribution is 2.37. The molecular weight excluding hydrogens is 508 g/mol. The van der Waals surface area contributed by atoms with Crippen molar-refractivity contribution in [1.82, 2.24) is 4.98 Å². The van der Waals surface area contributed by atoms with E-state index in [0.29, 0.717) is 23.2 Å². The van der Waals surface area contributed by atoms with Crippen molar-refractivity contribution in [3.05, 3.63) is 52.7 Å². The van der Waals surface area contributed by atoms with Crippen LogP contribution in [0.1, 0.15) is 18.1 Å². The average Bonchev–Trinajstić information content (AvgIpc) is 3.31. The minimum absolute atomic E-state index is 0.00214. The molecule has 4 rings (SSSR count). The number of nitrogens with zero attached hydrogens (tertiary/aromatic N) is 4. The van der Waals surface area contributed by atoms with E-state index in [4.69, 9.17) is 16.4 Å². The molecule has 2 atom stereocenters. The lowest BCUT2D eigenvalue weighted by Crippen LogP contribution is -2.34. The highest BCUT2D eigenvalue weighted by Gasteiger charge is 2.56. The molecule has 0 aliphatic carbocycles. The Hall–Kier alpha value is -3.68. The van der Waals surface area contributed by atoms with Crippen LogP contribution in [0.2, 0.25) is 5.02 Å². The van der Waals surface area contributed by atoms with Crippen LogP contribution in [-0.4, -0.2) is 34.3 Å². The molecule has 35 heavy (non-hydrogen) atoms. The van der Waals surface area contributed by atoms with Crippen LogP contribution in [0, 0.1) is 5.92 Å². The van der Waals surface area contributed by atoms with Crippen LogP contribution in [0.5, 0.6) is 0 Å². The second-order valence-corrected chi connectivity index (χ2v) is 7.81. The van der Waals surface area contributed by atoms with E-state index in [9.17, 15) is 35.9 Å². The summed E-state index contributed by atoms with van der Waals surface area (Å²) in [5, 5.41) is 7.19. The summed E-state index contributed by atoms with van der Waals surface area (Å²) in [5.41, 5.74) is -0.165. The first-order chi connectivity index (χ1) is 16.3. The van der Waals surface area contributed by atoms with Crippen molar-refractivity contribution in [1.29, 1.82) is 0 Å². The lowest BCUT2D eigenvalue weighted by atomic mass is 9.97. The smallest absolute Gasteiger partial charge is 0.381 e. The summed E-state index contributed by atoms with van der Waals surface area (Å²) in [6.07, 6.45) is -10.2. The number of oxime groups is 1. The number of halogens is 7. The first kappa shape index (κ1) is 24.4. The van der Waals surface area contributed by atoms with Crippen molar-refractivity contribution in [3.8, 4) is 0 Å². The molecule has 1 fully saturated rings. The van der Waals surface area contributed by atoms with E-state index in [2.05, 4.69) is 20.7 Å². The quantitative estimate of drug-likeness (QED) is 0.278. The van der Waals surface area contributed by atoms with Gasteiger partial charge in [0.05, 0.1) is 27.5 Å². The maximum absolute atomic E-state index is 13.1. The van der Waals surface area contributed by atoms with Crippen LogP contribution >= 0.6 is 11.6 Å². The van der Waals surface area contributed by atoms with Crippen LogP contribution in [0.15, 0.2) is 46.8 Å². The van der Waals surface area contributed by atoms with Gasteiger partial charge in [0.25, 0.3) is 5.91 Å². The fourth-order valence-corrected chi connectivity index (χ4v) is 3.63. The topological polar surface area (TPSA) is 96.2 Å². The highest BCUT2D eigenvalue weighted by atomic mass is 35.5. The van der Waals surface area contributed by atoms with Gasteiger partial charge in [-0.2, -0.15) is 31.4 Å². The summed E-state index contributed by atoms with van der Waals surface area (Å²) >= 11 is 5.81. The van der Waals surface area contributed by atoms with Crippen LogP contribution in [0.3, 0.4) is 0 Å². The van der Waals surface area contributed by atoms with Gasteiger partial charge in [0.1, 0.15) is 11.6 Å². The number of benzene rings is 1. The summed E-state index contributed by atoms with van der Waals surface area (Å²) in [4.78, 5) is 34.9. The van der Waals surface area contributed by atoms with Gasteiger partial charge in [-0.05, 0) is 31.2 Å². The maximum Gasteiger partial charge on any atom is 0.417 e. The van der Waals surface area contributed by atoms with Gasteiger partial charge >= 0.3 is 12.4 Å². The largest absolute Gasteiger partial charge is 0.417 e. The predicted molar refractivity (Wildman–Crippen MR) is 111 cm³/mol. The molecular formula is C20H12ClF6N5O3. The highest BCUT2D eigenvalue weighted by molar-refractivity contribution is 6.49. The Morgan fingerprint density at radius 2 is 1.77 bits per heavy atom. The average molecular weight is 520 g/mol. The van der Waals surface area contributed by atoms with Crippen LogP contribution < -0.4 is 10.3 Å². The number of fused-ring (bicyclic) bond motifs is 1. The minimum Gasteiger partial charge on any atom is -0.381 e. The zero-order chi connectivity index (χ0) is 25.7. The Labute approximate surface area is 197 Å². The number of alkyl halides is 6. The number of imide groups is 1. The molecule has 1 aromatic carbocycles. The first-order valence-electron chi connectivity index (χ1n) is 9.61. The third-order valence-corrected chi connectivity index (χ3v) is 5.40. The summed E-state index contributed by atoms with van der Waals surface area (Å²) in [6.45, 7) is 1.36. The summed E-state index contributed by atoms with van der Waals surface area (Å²) in [6, 6.07) is 4.32. The SMILES string of the molecule is C/C(=N/Nc1ncc(C(F)(F)F)cc1Cl)C1=NO[C@H]2C(=O)N(c3cccc(C(F)(F)F)c3)C(=O)[C@@H]12. The van der Waals surface area contributed by atoms with Gasteiger partial charge in [0, 0.05) is 6.20 Å². The van der Waals surface area contributed by atoms with Gasteiger partial charge in [0.2, 0.25) is 12.0 Å². The summed E-state index contributed by atoms with van der Waals surface area (Å²) in [5.74, 6) is -3.31. The predicted octanol–water partition coefficient (Wildman–Crippen LogP) is 4.50. The number of rotatable bonds is 4. The van der Waals surface area contributed by atoms with Gasteiger partial charge in [-0.3, -0.25) is 15.0 Å². The van der Waals surface area contributed by atoms with E-state index in [0.717, 1.165) is 12.1 Å². The lowest BCUT2D eigenvalue weighted by molar-refractivity contribution is -0.138. The van der Waals surface area contributed by atoms with E-state index in [-0.39, 0.29) is 28.0 Å². The summed E-state index contributed by atoms with van der Waals surface area (Å²) < 4.78 is 77.4. The van der Waals surface area contributed by atoms with Crippen LogP contribution in [0.25, 0.3) is 0 Å². The Balaban J connectivity index is 1.55. The van der Waals surface area contributed by atoms with Crippen LogP contribution in [-0.2, 0) is 26.8 Å². The Morgan fingerprint density at radius 1 is 1.09 bits per heavy atom. The molecule has 1 saturated heterocycles. The number of aromatic nitrogens is 1. The molecule has 8 nitrogen and oxygen atoms in total. The molecule has 1 aromatic heterocycles. The zero-order valence-corrected chi connectivity index (χ0v) is 18.0. The first-order valence-corrected chi connectivity index (χ1v) is 9.99. The normalized spacial score (nSPS) is 20.6. The molecule has 0 radical (unpaired) electrons. The number of amides is 2. The molecule has 2 aromatic rings. The summed E-state index contributed by atoms with van der Waals surface area (Å²) in [7, 11) is 0. The van der Waals surface area contributed by atoms with Crippen LogP contribution in [0.4, 0.5) is 37.8 Å². The van der Waals surface area contributed by atoms with Gasteiger partial charge in [-0.1, -0.05) is 22.8 Å². The third kappa shape index (κ3) is 4.52. The van der Waals surface area contributed by atoms with E-state index >= 15 is 0 Å². The fourth-order valence-electron chi connectivity index (χ4n) is 3.42. The standard InChI is InChI=1S/C20H12ClF6N5O3/c1-8(29-30-16-12(21)6-10(7-28-16)20(25,26)27)14-13-15(35-31-14)18(34)32(17(13)33)11-4-2-3-9(5-11)19(22,23)24/h2-7,13,15H,1H3,(H,28,30)/b29-8-/t13-,15+/m0/s1. The number of hydrazone groups is 1.